The Morgan fingerprint density at radius 3 is 2.43 bits per heavy atom. The van der Waals surface area contributed by atoms with Crippen LogP contribution in [0.5, 0.6) is 0 Å². The minimum atomic E-state index is -0.217. The van der Waals surface area contributed by atoms with Crippen molar-refractivity contribution >= 4 is 5.78 Å². The number of ketones is 1. The quantitative estimate of drug-likeness (QED) is 0.343. The highest BCUT2D eigenvalue weighted by atomic mass is 16.3. The first-order valence-electron chi connectivity index (χ1n) is 4.27. The molecule has 2 nitrogen and oxygen atoms in total. The summed E-state index contributed by atoms with van der Waals surface area (Å²) in [6.07, 6.45) is 1.18. The Morgan fingerprint density at radius 2 is 1.93 bits per heavy atom. The molecule has 1 N–H and O–H groups in total. The van der Waals surface area contributed by atoms with E-state index in [-0.39, 0.29) is 11.5 Å². The van der Waals surface area contributed by atoms with Gasteiger partial charge in [0.05, 0.1) is 0 Å². The Labute approximate surface area is 83.2 Å². The molecule has 0 bridgehead atoms. The summed E-state index contributed by atoms with van der Waals surface area (Å²) in [7, 11) is 0. The molecule has 0 atom stereocenters. The van der Waals surface area contributed by atoms with Crippen LogP contribution in [0.3, 0.4) is 0 Å². The van der Waals surface area contributed by atoms with Gasteiger partial charge in [-0.05, 0) is 12.5 Å². The van der Waals surface area contributed by atoms with E-state index >= 15 is 0 Å². The topological polar surface area (TPSA) is 37.3 Å². The smallest absolute Gasteiger partial charge is 0.189 e. The number of carbonyl (C=O) groups excluding carboxylic acids is 1. The number of hydrogen-bond acceptors (Lipinski definition) is 2. The highest BCUT2D eigenvalue weighted by Crippen LogP contribution is 2.06. The maximum absolute atomic E-state index is 11.5. The SMILES string of the molecule is C=C(C)/C(O)=C/C(=O)c1ccccc1. The van der Waals surface area contributed by atoms with Crippen LogP contribution in [0.25, 0.3) is 0 Å². The molecule has 1 aromatic rings. The average molecular weight is 188 g/mol. The van der Waals surface area contributed by atoms with Crippen molar-refractivity contribution in [2.75, 3.05) is 0 Å². The molecule has 0 saturated carbocycles. The monoisotopic (exact) mass is 188 g/mol. The van der Waals surface area contributed by atoms with Crippen molar-refractivity contribution in [3.63, 3.8) is 0 Å². The van der Waals surface area contributed by atoms with Gasteiger partial charge in [-0.25, -0.2) is 0 Å². The number of rotatable bonds is 3. The predicted octanol–water partition coefficient (Wildman–Crippen LogP) is 2.89. The summed E-state index contributed by atoms with van der Waals surface area (Å²) in [5.74, 6) is -0.287. The van der Waals surface area contributed by atoms with E-state index in [1.165, 1.54) is 6.08 Å². The molecule has 14 heavy (non-hydrogen) atoms. The molecule has 72 valence electrons. The molecule has 0 aliphatic carbocycles. The average Bonchev–Trinajstić information content (AvgIpc) is 2.19. The van der Waals surface area contributed by atoms with E-state index in [1.807, 2.05) is 6.07 Å². The van der Waals surface area contributed by atoms with E-state index < -0.39 is 0 Å². The van der Waals surface area contributed by atoms with Gasteiger partial charge in [-0.15, -0.1) is 0 Å². The van der Waals surface area contributed by atoms with Crippen LogP contribution in [-0.2, 0) is 0 Å². The molecular formula is C12H12O2. The molecule has 2 heteroatoms. The van der Waals surface area contributed by atoms with Crippen LogP contribution in [0, 0.1) is 0 Å². The Bertz CT molecular complexity index is 375. The number of aliphatic hydroxyl groups excluding tert-OH is 1. The number of benzene rings is 1. The first kappa shape index (κ1) is 10.3. The van der Waals surface area contributed by atoms with Gasteiger partial charge in [-0.3, -0.25) is 4.79 Å². The van der Waals surface area contributed by atoms with Gasteiger partial charge >= 0.3 is 0 Å². The largest absolute Gasteiger partial charge is 0.508 e. The van der Waals surface area contributed by atoms with E-state index in [0.717, 1.165) is 0 Å². The van der Waals surface area contributed by atoms with Crippen molar-refractivity contribution < 1.29 is 9.90 Å². The Kier molecular flexibility index (Phi) is 3.24. The summed E-state index contributed by atoms with van der Waals surface area (Å²) in [6, 6.07) is 8.78. The fourth-order valence-corrected chi connectivity index (χ4v) is 0.933. The zero-order valence-electron chi connectivity index (χ0n) is 8.03. The van der Waals surface area contributed by atoms with Gasteiger partial charge in [-0.2, -0.15) is 0 Å². The third kappa shape index (κ3) is 2.59. The van der Waals surface area contributed by atoms with Crippen LogP contribution in [0.4, 0.5) is 0 Å². The van der Waals surface area contributed by atoms with Crippen molar-refractivity contribution in [2.45, 2.75) is 6.92 Å². The minimum Gasteiger partial charge on any atom is -0.508 e. The molecule has 1 rings (SSSR count). The first-order chi connectivity index (χ1) is 6.61. The molecule has 0 radical (unpaired) electrons. The van der Waals surface area contributed by atoms with Gasteiger partial charge in [0, 0.05) is 11.6 Å². The molecule has 0 aliphatic rings. The van der Waals surface area contributed by atoms with Crippen LogP contribution in [0.15, 0.2) is 54.3 Å². The standard InChI is InChI=1S/C12H12O2/c1-9(2)11(13)8-12(14)10-6-4-3-5-7-10/h3-8,13H,1H2,2H3/b11-8-. The van der Waals surface area contributed by atoms with Crippen LogP contribution in [-0.4, -0.2) is 10.9 Å². The van der Waals surface area contributed by atoms with Crippen LogP contribution in [0.2, 0.25) is 0 Å². The maximum Gasteiger partial charge on any atom is 0.189 e. The number of hydrogen-bond donors (Lipinski definition) is 1. The van der Waals surface area contributed by atoms with Crippen molar-refractivity contribution in [1.82, 2.24) is 0 Å². The number of aliphatic hydroxyl groups is 1. The van der Waals surface area contributed by atoms with Gasteiger partial charge in [-0.1, -0.05) is 36.9 Å². The van der Waals surface area contributed by atoms with Crippen molar-refractivity contribution in [2.24, 2.45) is 0 Å². The van der Waals surface area contributed by atoms with Gasteiger partial charge in [0.15, 0.2) is 5.78 Å². The maximum atomic E-state index is 11.5. The Hall–Kier alpha value is -1.83. The molecule has 1 aromatic carbocycles. The molecule has 0 heterocycles. The molecule has 0 spiro atoms. The Morgan fingerprint density at radius 1 is 1.36 bits per heavy atom. The second-order valence-corrected chi connectivity index (χ2v) is 3.04. The third-order valence-electron chi connectivity index (χ3n) is 1.76. The molecule has 0 fully saturated rings. The van der Waals surface area contributed by atoms with Gasteiger partial charge in [0.2, 0.25) is 0 Å². The second-order valence-electron chi connectivity index (χ2n) is 3.04. The molecule has 0 aliphatic heterocycles. The van der Waals surface area contributed by atoms with Gasteiger partial charge in [0.1, 0.15) is 5.76 Å². The highest BCUT2D eigenvalue weighted by molar-refractivity contribution is 6.04. The summed E-state index contributed by atoms with van der Waals surface area (Å²) in [5.41, 5.74) is 1.04. The normalized spacial score (nSPS) is 11.1. The predicted molar refractivity (Wildman–Crippen MR) is 56.3 cm³/mol. The molecule has 0 aromatic heterocycles. The molecular weight excluding hydrogens is 176 g/mol. The minimum absolute atomic E-state index is 0.0705. The lowest BCUT2D eigenvalue weighted by Crippen LogP contribution is -1.96. The summed E-state index contributed by atoms with van der Waals surface area (Å²) >= 11 is 0. The molecule has 0 saturated heterocycles. The third-order valence-corrected chi connectivity index (χ3v) is 1.76. The van der Waals surface area contributed by atoms with Crippen LogP contribution < -0.4 is 0 Å². The van der Waals surface area contributed by atoms with E-state index in [2.05, 4.69) is 6.58 Å². The Balaban J connectivity index is 2.88. The zero-order valence-corrected chi connectivity index (χ0v) is 8.03. The second kappa shape index (κ2) is 4.42. The summed E-state index contributed by atoms with van der Waals surface area (Å²) < 4.78 is 0. The molecule has 0 unspecified atom stereocenters. The summed E-state index contributed by atoms with van der Waals surface area (Å²) in [4.78, 5) is 11.5. The lowest BCUT2D eigenvalue weighted by Gasteiger charge is -1.97. The van der Waals surface area contributed by atoms with Gasteiger partial charge < -0.3 is 5.11 Å². The fraction of sp³-hybridized carbons (Fsp3) is 0.0833. The summed E-state index contributed by atoms with van der Waals surface area (Å²) in [6.45, 7) is 5.17. The van der Waals surface area contributed by atoms with Crippen molar-refractivity contribution in [1.29, 1.82) is 0 Å². The number of allylic oxidation sites excluding steroid dienone is 2. The van der Waals surface area contributed by atoms with Gasteiger partial charge in [0.25, 0.3) is 0 Å². The van der Waals surface area contributed by atoms with E-state index in [4.69, 9.17) is 0 Å². The molecule has 0 amide bonds. The zero-order chi connectivity index (χ0) is 10.6. The van der Waals surface area contributed by atoms with Crippen LogP contribution >= 0.6 is 0 Å². The van der Waals surface area contributed by atoms with E-state index in [1.54, 1.807) is 31.2 Å². The van der Waals surface area contributed by atoms with Crippen LogP contribution in [0.1, 0.15) is 17.3 Å². The highest BCUT2D eigenvalue weighted by Gasteiger charge is 2.03. The van der Waals surface area contributed by atoms with E-state index in [9.17, 15) is 9.90 Å². The fourth-order valence-electron chi connectivity index (χ4n) is 0.933. The van der Waals surface area contributed by atoms with Crippen molar-refractivity contribution in [3.05, 3.63) is 59.9 Å². The summed E-state index contributed by atoms with van der Waals surface area (Å²) in [5, 5.41) is 9.30. The first-order valence-corrected chi connectivity index (χ1v) is 4.27. The van der Waals surface area contributed by atoms with E-state index in [0.29, 0.717) is 11.1 Å². The number of carbonyl (C=O) groups is 1. The lowest BCUT2D eigenvalue weighted by atomic mass is 10.1. The lowest BCUT2D eigenvalue weighted by molar-refractivity contribution is 0.104. The van der Waals surface area contributed by atoms with Crippen molar-refractivity contribution in [3.8, 4) is 0 Å².